The maximum atomic E-state index is 13.4. The fourth-order valence-electron chi connectivity index (χ4n) is 5.30. The average Bonchev–Trinajstić information content (AvgIpc) is 3.38. The van der Waals surface area contributed by atoms with Gasteiger partial charge < -0.3 is 14.5 Å². The molecule has 2 aromatic heterocycles. The Morgan fingerprint density at radius 2 is 1.77 bits per heavy atom. The zero-order valence-corrected chi connectivity index (χ0v) is 22.6. The number of carbonyl (C=O) groups is 2. The third kappa shape index (κ3) is 6.48. The first-order valence-electron chi connectivity index (χ1n) is 13.4. The van der Waals surface area contributed by atoms with Crippen LogP contribution in [0.3, 0.4) is 0 Å². The molecule has 1 saturated carbocycles. The van der Waals surface area contributed by atoms with Crippen molar-refractivity contribution in [1.29, 1.82) is 0 Å². The number of amides is 1. The van der Waals surface area contributed by atoms with E-state index in [0.717, 1.165) is 36.8 Å². The molecule has 4 aromatic rings. The van der Waals surface area contributed by atoms with Crippen molar-refractivity contribution >= 4 is 29.1 Å². The number of ether oxygens (including phenoxy) is 1. The van der Waals surface area contributed by atoms with Gasteiger partial charge in [-0.2, -0.15) is 0 Å². The molecule has 2 aromatic carbocycles. The lowest BCUT2D eigenvalue weighted by atomic mass is 9.77. The van der Waals surface area contributed by atoms with Crippen LogP contribution < -0.4 is 5.32 Å². The normalized spacial score (nSPS) is 17.2. The Morgan fingerprint density at radius 3 is 2.49 bits per heavy atom. The van der Waals surface area contributed by atoms with Gasteiger partial charge in [0.1, 0.15) is 17.2 Å². The van der Waals surface area contributed by atoms with E-state index in [1.54, 1.807) is 12.3 Å². The molecular weight excluding hydrogens is 517 g/mol. The quantitative estimate of drug-likeness (QED) is 0.242. The molecule has 0 saturated heterocycles. The van der Waals surface area contributed by atoms with Crippen molar-refractivity contribution in [3.63, 3.8) is 0 Å². The molecule has 0 bridgehead atoms. The average molecular weight is 548 g/mol. The van der Waals surface area contributed by atoms with E-state index in [9.17, 15) is 14.0 Å². The highest BCUT2D eigenvalue weighted by atomic mass is 35.5. The summed E-state index contributed by atoms with van der Waals surface area (Å²) < 4.78 is 20.3. The Bertz CT molecular complexity index is 1480. The van der Waals surface area contributed by atoms with Crippen LogP contribution in [-0.4, -0.2) is 27.9 Å². The number of hydrogen-bond acceptors (Lipinski definition) is 4. The number of esters is 1. The molecule has 8 heteroatoms. The molecule has 1 aliphatic rings. The molecule has 1 amide bonds. The third-order valence-corrected chi connectivity index (χ3v) is 7.73. The van der Waals surface area contributed by atoms with E-state index in [2.05, 4.69) is 34.6 Å². The highest BCUT2D eigenvalue weighted by molar-refractivity contribution is 6.30. The molecule has 0 unspecified atom stereocenters. The van der Waals surface area contributed by atoms with Crippen LogP contribution in [0.25, 0.3) is 16.8 Å². The van der Waals surface area contributed by atoms with Crippen LogP contribution in [-0.2, 0) is 16.1 Å². The van der Waals surface area contributed by atoms with E-state index < -0.39 is 5.82 Å². The Labute approximate surface area is 232 Å². The first kappa shape index (κ1) is 26.9. The van der Waals surface area contributed by atoms with Crippen molar-refractivity contribution < 1.29 is 18.7 Å². The van der Waals surface area contributed by atoms with Crippen molar-refractivity contribution in [2.24, 2.45) is 5.92 Å². The largest absolute Gasteiger partial charge is 0.466 e. The van der Waals surface area contributed by atoms with Gasteiger partial charge in [0.2, 0.25) is 0 Å². The van der Waals surface area contributed by atoms with E-state index in [1.165, 1.54) is 17.7 Å². The van der Waals surface area contributed by atoms with Crippen LogP contribution >= 0.6 is 11.6 Å². The third-order valence-electron chi connectivity index (χ3n) is 7.44. The van der Waals surface area contributed by atoms with Crippen molar-refractivity contribution in [2.45, 2.75) is 51.5 Å². The first-order chi connectivity index (χ1) is 18.9. The fourth-order valence-corrected chi connectivity index (χ4v) is 5.50. The van der Waals surface area contributed by atoms with Crippen molar-refractivity contribution in [3.8, 4) is 11.1 Å². The number of hydrogen-bond donors (Lipinski definition) is 1. The second kappa shape index (κ2) is 12.0. The van der Waals surface area contributed by atoms with Gasteiger partial charge in [0, 0.05) is 25.4 Å². The monoisotopic (exact) mass is 547 g/mol. The minimum absolute atomic E-state index is 0.0217. The summed E-state index contributed by atoms with van der Waals surface area (Å²) in [5, 5.41) is 2.83. The van der Waals surface area contributed by atoms with Gasteiger partial charge in [-0.25, -0.2) is 9.37 Å². The van der Waals surface area contributed by atoms with Crippen molar-refractivity contribution in [2.75, 3.05) is 6.61 Å². The molecule has 1 N–H and O–H groups in total. The van der Waals surface area contributed by atoms with Crippen LogP contribution in [0.5, 0.6) is 0 Å². The lowest BCUT2D eigenvalue weighted by Gasteiger charge is -2.28. The summed E-state index contributed by atoms with van der Waals surface area (Å²) in [6, 6.07) is 16.9. The molecule has 1 aliphatic carbocycles. The number of halogens is 2. The van der Waals surface area contributed by atoms with Crippen molar-refractivity contribution in [3.05, 3.63) is 94.7 Å². The van der Waals surface area contributed by atoms with E-state index in [-0.39, 0.29) is 23.4 Å². The number of pyridine rings is 1. The van der Waals surface area contributed by atoms with Gasteiger partial charge in [0.25, 0.3) is 5.91 Å². The molecule has 5 rings (SSSR count). The van der Waals surface area contributed by atoms with Crippen LogP contribution in [0.1, 0.15) is 66.6 Å². The summed E-state index contributed by atoms with van der Waals surface area (Å²) >= 11 is 5.82. The van der Waals surface area contributed by atoms with Gasteiger partial charge in [0.05, 0.1) is 11.6 Å². The Kier molecular flexibility index (Phi) is 8.27. The summed E-state index contributed by atoms with van der Waals surface area (Å²) in [6.07, 6.45) is 8.48. The second-order valence-electron chi connectivity index (χ2n) is 10.1. The summed E-state index contributed by atoms with van der Waals surface area (Å²) in [6.45, 7) is 2.51. The lowest BCUT2D eigenvalue weighted by molar-refractivity contribution is -0.144. The van der Waals surface area contributed by atoms with E-state index in [1.807, 2.05) is 29.7 Å². The van der Waals surface area contributed by atoms with Crippen LogP contribution in [0, 0.1) is 11.7 Å². The van der Waals surface area contributed by atoms with E-state index >= 15 is 0 Å². The lowest BCUT2D eigenvalue weighted by Crippen LogP contribution is -2.23. The molecule has 0 atom stereocenters. The maximum absolute atomic E-state index is 13.4. The Hall–Kier alpha value is -3.71. The first-order valence-corrected chi connectivity index (χ1v) is 13.7. The highest BCUT2D eigenvalue weighted by Crippen LogP contribution is 2.37. The number of aromatic nitrogens is 2. The minimum Gasteiger partial charge on any atom is -0.466 e. The molecular formula is C31H31ClFN3O3. The summed E-state index contributed by atoms with van der Waals surface area (Å²) in [7, 11) is 0. The van der Waals surface area contributed by atoms with Gasteiger partial charge in [0.15, 0.2) is 0 Å². The Morgan fingerprint density at radius 1 is 1.03 bits per heavy atom. The van der Waals surface area contributed by atoms with Crippen LogP contribution in [0.2, 0.25) is 5.02 Å². The second-order valence-corrected chi connectivity index (χ2v) is 10.5. The summed E-state index contributed by atoms with van der Waals surface area (Å²) in [5.41, 5.74) is 5.12. The highest BCUT2D eigenvalue weighted by Gasteiger charge is 2.24. The number of benzene rings is 2. The molecule has 39 heavy (non-hydrogen) atoms. The molecule has 1 fully saturated rings. The smallest absolute Gasteiger partial charge is 0.306 e. The molecule has 202 valence electrons. The van der Waals surface area contributed by atoms with E-state index in [0.29, 0.717) is 41.8 Å². The van der Waals surface area contributed by atoms with Crippen LogP contribution in [0.15, 0.2) is 67.0 Å². The predicted octanol–water partition coefficient (Wildman–Crippen LogP) is 6.95. The fraction of sp³-hybridized carbons (Fsp3) is 0.323. The van der Waals surface area contributed by atoms with E-state index in [4.69, 9.17) is 16.3 Å². The molecule has 6 nitrogen and oxygen atoms in total. The number of imidazole rings is 1. The number of carbonyl (C=O) groups excluding carboxylic acids is 2. The zero-order chi connectivity index (χ0) is 27.4. The van der Waals surface area contributed by atoms with Gasteiger partial charge >= 0.3 is 5.97 Å². The van der Waals surface area contributed by atoms with Crippen LogP contribution in [0.4, 0.5) is 4.39 Å². The predicted molar refractivity (Wildman–Crippen MR) is 149 cm³/mol. The van der Waals surface area contributed by atoms with Gasteiger partial charge in [-0.1, -0.05) is 41.9 Å². The Balaban J connectivity index is 1.20. The number of fused-ring (bicyclic) bond motifs is 1. The number of nitrogens with zero attached hydrogens (tertiary/aromatic N) is 2. The van der Waals surface area contributed by atoms with Crippen molar-refractivity contribution in [1.82, 2.24) is 14.7 Å². The molecule has 2 heterocycles. The zero-order valence-electron chi connectivity index (χ0n) is 21.8. The van der Waals surface area contributed by atoms with Gasteiger partial charge in [-0.05, 0) is 91.0 Å². The number of nitrogens with one attached hydrogen (secondary N) is 1. The molecule has 0 aliphatic heterocycles. The summed E-state index contributed by atoms with van der Waals surface area (Å²) in [5.74, 6) is 0.0493. The molecule has 0 radical (unpaired) electrons. The molecule has 0 spiro atoms. The minimum atomic E-state index is -0.493. The maximum Gasteiger partial charge on any atom is 0.306 e. The standard InChI is InChI=1S/C31H31ClFN3O3/c1-2-39-30(37)16-20-3-6-22(7-4-20)23-8-10-24(11-9-23)25-12-14-29-35-28(19-36(29)18-25)31(38)34-17-21-5-13-27(33)26(32)15-21/h5,8-15,18-20,22H,2-4,6-7,16-17H2,1H3,(H,34,38). The summed E-state index contributed by atoms with van der Waals surface area (Å²) in [4.78, 5) is 28.9. The SMILES string of the molecule is CCOC(=O)CC1CCC(c2ccc(-c3ccc4nc(C(=O)NCc5ccc(F)c(Cl)c5)cn4c3)cc2)CC1. The van der Waals surface area contributed by atoms with Gasteiger partial charge in [-0.15, -0.1) is 0 Å². The number of rotatable bonds is 8. The van der Waals surface area contributed by atoms with Gasteiger partial charge in [-0.3, -0.25) is 9.59 Å². The topological polar surface area (TPSA) is 72.7 Å².